The molecule has 0 spiro atoms. The SMILES string of the molecule is O=S(=O)(Cc1ccc(Cl)cc1)NCc1[c]cc(Cl)cc1. The van der Waals surface area contributed by atoms with Crippen molar-refractivity contribution >= 4 is 33.2 Å². The first-order chi connectivity index (χ1) is 9.44. The Morgan fingerprint density at radius 1 is 1.00 bits per heavy atom. The van der Waals surface area contributed by atoms with Crippen LogP contribution in [-0.2, 0) is 22.3 Å². The van der Waals surface area contributed by atoms with E-state index in [1.54, 1.807) is 42.5 Å². The van der Waals surface area contributed by atoms with Gasteiger partial charge in [-0.1, -0.05) is 41.4 Å². The molecule has 0 saturated heterocycles. The van der Waals surface area contributed by atoms with Gasteiger partial charge in [0.1, 0.15) is 0 Å². The number of nitrogens with one attached hydrogen (secondary N) is 1. The summed E-state index contributed by atoms with van der Waals surface area (Å²) in [6.07, 6.45) is 0. The van der Waals surface area contributed by atoms with Crippen molar-refractivity contribution in [1.29, 1.82) is 0 Å². The first-order valence-electron chi connectivity index (χ1n) is 5.82. The zero-order valence-corrected chi connectivity index (χ0v) is 12.8. The molecule has 105 valence electrons. The molecule has 1 radical (unpaired) electrons. The molecular formula is C14H12Cl2NO2S. The van der Waals surface area contributed by atoms with Gasteiger partial charge in [0, 0.05) is 16.6 Å². The van der Waals surface area contributed by atoms with Crippen molar-refractivity contribution in [3.63, 3.8) is 0 Å². The summed E-state index contributed by atoms with van der Waals surface area (Å²) in [4.78, 5) is 0. The molecule has 20 heavy (non-hydrogen) atoms. The van der Waals surface area contributed by atoms with Gasteiger partial charge in [0.05, 0.1) is 5.75 Å². The third-order valence-corrected chi connectivity index (χ3v) is 4.38. The van der Waals surface area contributed by atoms with E-state index < -0.39 is 10.0 Å². The second-order valence-electron chi connectivity index (χ2n) is 4.24. The van der Waals surface area contributed by atoms with Gasteiger partial charge in [0.15, 0.2) is 0 Å². The van der Waals surface area contributed by atoms with Crippen molar-refractivity contribution in [2.75, 3.05) is 0 Å². The molecule has 0 saturated carbocycles. The van der Waals surface area contributed by atoms with Gasteiger partial charge in [0.2, 0.25) is 10.0 Å². The highest BCUT2D eigenvalue weighted by atomic mass is 35.5. The molecule has 3 nitrogen and oxygen atoms in total. The van der Waals surface area contributed by atoms with Crippen LogP contribution >= 0.6 is 23.2 Å². The molecule has 0 aromatic heterocycles. The first kappa shape index (κ1) is 15.3. The lowest BCUT2D eigenvalue weighted by atomic mass is 10.2. The molecule has 0 unspecified atom stereocenters. The molecule has 2 rings (SSSR count). The van der Waals surface area contributed by atoms with Gasteiger partial charge in [-0.2, -0.15) is 0 Å². The summed E-state index contributed by atoms with van der Waals surface area (Å²) in [6.45, 7) is 0.188. The summed E-state index contributed by atoms with van der Waals surface area (Å²) in [5.74, 6) is -0.0856. The van der Waals surface area contributed by atoms with Crippen LogP contribution in [0, 0.1) is 6.07 Å². The van der Waals surface area contributed by atoms with E-state index in [9.17, 15) is 8.42 Å². The van der Waals surface area contributed by atoms with E-state index >= 15 is 0 Å². The summed E-state index contributed by atoms with van der Waals surface area (Å²) in [7, 11) is -3.40. The predicted octanol–water partition coefficient (Wildman–Crippen LogP) is 3.41. The lowest BCUT2D eigenvalue weighted by molar-refractivity contribution is 0.580. The van der Waals surface area contributed by atoms with Crippen LogP contribution in [0.25, 0.3) is 0 Å². The second-order valence-corrected chi connectivity index (χ2v) is 6.92. The van der Waals surface area contributed by atoms with E-state index in [0.29, 0.717) is 15.6 Å². The third kappa shape index (κ3) is 4.80. The predicted molar refractivity (Wildman–Crippen MR) is 81.2 cm³/mol. The Balaban J connectivity index is 1.97. The highest BCUT2D eigenvalue weighted by Gasteiger charge is 2.11. The molecule has 0 aliphatic heterocycles. The Hall–Kier alpha value is -1.07. The van der Waals surface area contributed by atoms with E-state index in [4.69, 9.17) is 23.2 Å². The Morgan fingerprint density at radius 2 is 1.65 bits per heavy atom. The average Bonchev–Trinajstić information content (AvgIpc) is 2.41. The summed E-state index contributed by atoms with van der Waals surface area (Å²) in [5, 5.41) is 1.15. The molecule has 0 heterocycles. The average molecular weight is 329 g/mol. The zero-order chi connectivity index (χ0) is 14.6. The summed E-state index contributed by atoms with van der Waals surface area (Å²) >= 11 is 11.5. The van der Waals surface area contributed by atoms with Crippen molar-refractivity contribution in [1.82, 2.24) is 4.72 Å². The van der Waals surface area contributed by atoms with Crippen molar-refractivity contribution in [2.24, 2.45) is 0 Å². The van der Waals surface area contributed by atoms with E-state index in [0.717, 1.165) is 5.56 Å². The minimum atomic E-state index is -3.40. The molecular weight excluding hydrogens is 317 g/mol. The van der Waals surface area contributed by atoms with E-state index in [1.165, 1.54) is 0 Å². The second kappa shape index (κ2) is 6.59. The van der Waals surface area contributed by atoms with Gasteiger partial charge >= 0.3 is 0 Å². The van der Waals surface area contributed by atoms with Crippen LogP contribution in [0.4, 0.5) is 0 Å². The van der Waals surface area contributed by atoms with Gasteiger partial charge in [-0.15, -0.1) is 0 Å². The quantitative estimate of drug-likeness (QED) is 0.914. The summed E-state index contributed by atoms with van der Waals surface area (Å²) < 4.78 is 26.4. The van der Waals surface area contributed by atoms with Crippen LogP contribution in [-0.4, -0.2) is 8.42 Å². The van der Waals surface area contributed by atoms with Gasteiger partial charge < -0.3 is 0 Å². The molecule has 0 fully saturated rings. The Bertz CT molecular complexity index is 667. The fraction of sp³-hybridized carbons (Fsp3) is 0.143. The van der Waals surface area contributed by atoms with Gasteiger partial charge in [0.25, 0.3) is 0 Å². The monoisotopic (exact) mass is 328 g/mol. The largest absolute Gasteiger partial charge is 0.216 e. The maximum atomic E-state index is 11.9. The Morgan fingerprint density at radius 3 is 2.25 bits per heavy atom. The number of halogens is 2. The number of rotatable bonds is 5. The Labute approximate surface area is 128 Å². The highest BCUT2D eigenvalue weighted by molar-refractivity contribution is 7.88. The highest BCUT2D eigenvalue weighted by Crippen LogP contribution is 2.12. The van der Waals surface area contributed by atoms with Crippen LogP contribution < -0.4 is 4.72 Å². The van der Waals surface area contributed by atoms with Crippen molar-refractivity contribution < 1.29 is 8.42 Å². The third-order valence-electron chi connectivity index (χ3n) is 2.59. The Kier molecular flexibility index (Phi) is 5.05. The molecule has 0 bridgehead atoms. The van der Waals surface area contributed by atoms with Gasteiger partial charge in [-0.3, -0.25) is 0 Å². The molecule has 0 aliphatic rings. The molecule has 1 N–H and O–H groups in total. The number of sulfonamides is 1. The van der Waals surface area contributed by atoms with Crippen LogP contribution in [0.5, 0.6) is 0 Å². The first-order valence-corrected chi connectivity index (χ1v) is 8.23. The fourth-order valence-corrected chi connectivity index (χ4v) is 2.94. The summed E-state index contributed by atoms with van der Waals surface area (Å²) in [5.41, 5.74) is 1.41. The molecule has 0 atom stereocenters. The van der Waals surface area contributed by atoms with E-state index in [-0.39, 0.29) is 12.3 Å². The number of benzene rings is 2. The van der Waals surface area contributed by atoms with Crippen LogP contribution in [0.2, 0.25) is 10.0 Å². The number of hydrogen-bond donors (Lipinski definition) is 1. The smallest absolute Gasteiger partial charge is 0.212 e. The van der Waals surface area contributed by atoms with Gasteiger partial charge in [-0.25, -0.2) is 13.1 Å². The van der Waals surface area contributed by atoms with Crippen LogP contribution in [0.1, 0.15) is 11.1 Å². The maximum Gasteiger partial charge on any atom is 0.216 e. The minimum absolute atomic E-state index is 0.0856. The van der Waals surface area contributed by atoms with Crippen molar-refractivity contribution in [3.8, 4) is 0 Å². The zero-order valence-electron chi connectivity index (χ0n) is 10.4. The topological polar surface area (TPSA) is 46.2 Å². The number of hydrogen-bond acceptors (Lipinski definition) is 2. The fourth-order valence-electron chi connectivity index (χ4n) is 1.59. The molecule has 2 aromatic rings. The van der Waals surface area contributed by atoms with E-state index in [2.05, 4.69) is 10.8 Å². The van der Waals surface area contributed by atoms with Crippen molar-refractivity contribution in [2.45, 2.75) is 12.3 Å². The van der Waals surface area contributed by atoms with Crippen molar-refractivity contribution in [3.05, 3.63) is 69.7 Å². The van der Waals surface area contributed by atoms with Crippen LogP contribution in [0.3, 0.4) is 0 Å². The minimum Gasteiger partial charge on any atom is -0.212 e. The molecule has 0 amide bonds. The lowest BCUT2D eigenvalue weighted by Gasteiger charge is -2.07. The molecule has 6 heteroatoms. The lowest BCUT2D eigenvalue weighted by Crippen LogP contribution is -2.24. The normalized spacial score (nSPS) is 11.5. The van der Waals surface area contributed by atoms with E-state index in [1.807, 2.05) is 0 Å². The molecule has 0 aliphatic carbocycles. The molecule has 2 aromatic carbocycles. The van der Waals surface area contributed by atoms with Gasteiger partial charge in [-0.05, 0) is 41.5 Å². The summed E-state index contributed by atoms with van der Waals surface area (Å²) in [6, 6.07) is 14.6. The van der Waals surface area contributed by atoms with Crippen LogP contribution in [0.15, 0.2) is 42.5 Å². The standard InChI is InChI=1S/C14H12Cl2NO2S/c15-13-5-1-11(2-6-13)9-17-20(18,19)10-12-3-7-14(16)8-4-12/h1,3-8,17H,9-10H2. The maximum absolute atomic E-state index is 11.9.